The van der Waals surface area contributed by atoms with E-state index < -0.39 is 11.2 Å². The molecule has 5 nitrogen and oxygen atoms in total. The fourth-order valence-corrected chi connectivity index (χ4v) is 1.71. The molecule has 1 heterocycles. The van der Waals surface area contributed by atoms with Crippen molar-refractivity contribution in [2.75, 3.05) is 12.5 Å². The summed E-state index contributed by atoms with van der Waals surface area (Å²) in [5.74, 6) is 0.317. The smallest absolute Gasteiger partial charge is 0.277 e. The third-order valence-corrected chi connectivity index (χ3v) is 2.65. The van der Waals surface area contributed by atoms with Crippen molar-refractivity contribution in [2.24, 2.45) is 0 Å². The van der Waals surface area contributed by atoms with Crippen molar-refractivity contribution in [2.45, 2.75) is 12.4 Å². The molecular weight excluding hydrogens is 234 g/mol. The van der Waals surface area contributed by atoms with Gasteiger partial charge in [0.2, 0.25) is 0 Å². The van der Waals surface area contributed by atoms with Gasteiger partial charge in [0.05, 0.1) is 29.1 Å². The SMILES string of the molecule is O=[N+]([O-])c1ccccc1C1OCC(CCl)O1. The van der Waals surface area contributed by atoms with Crippen molar-refractivity contribution in [3.63, 3.8) is 0 Å². The molecule has 1 fully saturated rings. The van der Waals surface area contributed by atoms with Crippen LogP contribution in [0.25, 0.3) is 0 Å². The van der Waals surface area contributed by atoms with Gasteiger partial charge in [-0.25, -0.2) is 0 Å². The maximum Gasteiger partial charge on any atom is 0.277 e. The average Bonchev–Trinajstić information content (AvgIpc) is 2.77. The number of alkyl halides is 1. The summed E-state index contributed by atoms with van der Waals surface area (Å²) in [7, 11) is 0. The first-order valence-electron chi connectivity index (χ1n) is 4.78. The van der Waals surface area contributed by atoms with Crippen LogP contribution in [-0.2, 0) is 9.47 Å². The Morgan fingerprint density at radius 3 is 2.88 bits per heavy atom. The van der Waals surface area contributed by atoms with Gasteiger partial charge in [-0.1, -0.05) is 12.1 Å². The zero-order chi connectivity index (χ0) is 11.5. The molecule has 16 heavy (non-hydrogen) atoms. The lowest BCUT2D eigenvalue weighted by atomic mass is 10.2. The molecule has 2 rings (SSSR count). The van der Waals surface area contributed by atoms with Crippen molar-refractivity contribution < 1.29 is 14.4 Å². The van der Waals surface area contributed by atoms with E-state index in [-0.39, 0.29) is 11.8 Å². The predicted molar refractivity (Wildman–Crippen MR) is 57.4 cm³/mol. The van der Waals surface area contributed by atoms with E-state index in [1.807, 2.05) is 0 Å². The highest BCUT2D eigenvalue weighted by Gasteiger charge is 2.31. The molecule has 0 bridgehead atoms. The van der Waals surface area contributed by atoms with Gasteiger partial charge in [-0.05, 0) is 6.07 Å². The highest BCUT2D eigenvalue weighted by atomic mass is 35.5. The third kappa shape index (κ3) is 2.16. The molecule has 1 aromatic rings. The number of ether oxygens (including phenoxy) is 2. The van der Waals surface area contributed by atoms with Crippen molar-refractivity contribution in [3.05, 3.63) is 39.9 Å². The van der Waals surface area contributed by atoms with Crippen LogP contribution in [0.2, 0.25) is 0 Å². The molecule has 0 N–H and O–H groups in total. The summed E-state index contributed by atoms with van der Waals surface area (Å²) in [5.41, 5.74) is 0.433. The van der Waals surface area contributed by atoms with E-state index in [9.17, 15) is 10.1 Å². The molecule has 0 aliphatic carbocycles. The van der Waals surface area contributed by atoms with E-state index in [0.717, 1.165) is 0 Å². The zero-order valence-corrected chi connectivity index (χ0v) is 9.09. The number of nitro groups is 1. The molecule has 0 saturated carbocycles. The summed E-state index contributed by atoms with van der Waals surface area (Å²) in [5, 5.41) is 10.8. The van der Waals surface area contributed by atoms with E-state index in [1.54, 1.807) is 18.2 Å². The molecule has 1 aliphatic heterocycles. The summed E-state index contributed by atoms with van der Waals surface area (Å²) in [6, 6.07) is 6.37. The molecule has 2 atom stereocenters. The normalized spacial score (nSPS) is 24.6. The molecule has 2 unspecified atom stereocenters. The van der Waals surface area contributed by atoms with Crippen LogP contribution in [0.1, 0.15) is 11.9 Å². The first-order valence-corrected chi connectivity index (χ1v) is 5.32. The average molecular weight is 244 g/mol. The summed E-state index contributed by atoms with van der Waals surface area (Å²) >= 11 is 5.62. The lowest BCUT2D eigenvalue weighted by molar-refractivity contribution is -0.386. The zero-order valence-electron chi connectivity index (χ0n) is 8.34. The highest BCUT2D eigenvalue weighted by Crippen LogP contribution is 2.33. The van der Waals surface area contributed by atoms with Crippen LogP contribution in [0.3, 0.4) is 0 Å². The Balaban J connectivity index is 2.24. The van der Waals surface area contributed by atoms with Crippen molar-refractivity contribution in [1.29, 1.82) is 0 Å². The van der Waals surface area contributed by atoms with Gasteiger partial charge in [0.1, 0.15) is 0 Å². The fraction of sp³-hybridized carbons (Fsp3) is 0.400. The van der Waals surface area contributed by atoms with E-state index in [1.165, 1.54) is 6.07 Å². The number of nitrogens with zero attached hydrogens (tertiary/aromatic N) is 1. The second-order valence-electron chi connectivity index (χ2n) is 3.39. The number of rotatable bonds is 3. The number of benzene rings is 1. The Morgan fingerprint density at radius 2 is 2.25 bits per heavy atom. The van der Waals surface area contributed by atoms with Gasteiger partial charge in [-0.3, -0.25) is 10.1 Å². The molecule has 0 amide bonds. The Morgan fingerprint density at radius 1 is 1.50 bits per heavy atom. The third-order valence-electron chi connectivity index (χ3n) is 2.31. The predicted octanol–water partition coefficient (Wildman–Crippen LogP) is 2.25. The van der Waals surface area contributed by atoms with Gasteiger partial charge in [0.25, 0.3) is 5.69 Å². The summed E-state index contributed by atoms with van der Waals surface area (Å²) in [6.45, 7) is 0.361. The van der Waals surface area contributed by atoms with Crippen molar-refractivity contribution >= 4 is 17.3 Å². The summed E-state index contributed by atoms with van der Waals surface area (Å²) < 4.78 is 10.8. The quantitative estimate of drug-likeness (QED) is 0.464. The first-order chi connectivity index (χ1) is 7.72. The van der Waals surface area contributed by atoms with Crippen LogP contribution >= 0.6 is 11.6 Å². The maximum atomic E-state index is 10.8. The minimum Gasteiger partial charge on any atom is -0.345 e. The van der Waals surface area contributed by atoms with Crippen LogP contribution in [0, 0.1) is 10.1 Å². The fourth-order valence-electron chi connectivity index (χ4n) is 1.55. The molecular formula is C10H10ClNO4. The second-order valence-corrected chi connectivity index (χ2v) is 3.70. The Labute approximate surface area is 97.1 Å². The molecule has 1 saturated heterocycles. The lowest BCUT2D eigenvalue weighted by Crippen LogP contribution is -2.11. The van der Waals surface area contributed by atoms with Gasteiger partial charge < -0.3 is 9.47 Å². The molecule has 0 aromatic heterocycles. The van der Waals surface area contributed by atoms with Gasteiger partial charge in [-0.15, -0.1) is 11.6 Å². The van der Waals surface area contributed by atoms with Crippen molar-refractivity contribution in [1.82, 2.24) is 0 Å². The topological polar surface area (TPSA) is 61.6 Å². The number of hydrogen-bond acceptors (Lipinski definition) is 4. The van der Waals surface area contributed by atoms with Gasteiger partial charge in [0.15, 0.2) is 6.29 Å². The van der Waals surface area contributed by atoms with E-state index in [2.05, 4.69) is 0 Å². The first kappa shape index (κ1) is 11.3. The van der Waals surface area contributed by atoms with Crippen LogP contribution in [0.5, 0.6) is 0 Å². The number of nitro benzene ring substituents is 1. The largest absolute Gasteiger partial charge is 0.345 e. The molecule has 1 aliphatic rings. The second kappa shape index (κ2) is 4.78. The molecule has 1 aromatic carbocycles. The van der Waals surface area contributed by atoms with E-state index >= 15 is 0 Å². The Kier molecular flexibility index (Phi) is 3.38. The number of hydrogen-bond donors (Lipinski definition) is 0. The molecule has 86 valence electrons. The summed E-state index contributed by atoms with van der Waals surface area (Å²) in [6.07, 6.45) is -0.892. The lowest BCUT2D eigenvalue weighted by Gasteiger charge is -2.10. The summed E-state index contributed by atoms with van der Waals surface area (Å²) in [4.78, 5) is 10.3. The van der Waals surface area contributed by atoms with Gasteiger partial charge in [0, 0.05) is 6.07 Å². The molecule has 0 radical (unpaired) electrons. The van der Waals surface area contributed by atoms with Crippen LogP contribution in [0.4, 0.5) is 5.69 Å². The Bertz CT molecular complexity index is 398. The molecule has 0 spiro atoms. The maximum absolute atomic E-state index is 10.8. The van der Waals surface area contributed by atoms with Gasteiger partial charge >= 0.3 is 0 Å². The van der Waals surface area contributed by atoms with Crippen LogP contribution in [0.15, 0.2) is 24.3 Å². The van der Waals surface area contributed by atoms with E-state index in [0.29, 0.717) is 18.1 Å². The number of para-hydroxylation sites is 1. The van der Waals surface area contributed by atoms with Crippen molar-refractivity contribution in [3.8, 4) is 0 Å². The monoisotopic (exact) mass is 243 g/mol. The number of halogens is 1. The van der Waals surface area contributed by atoms with Gasteiger partial charge in [-0.2, -0.15) is 0 Å². The molecule has 6 heteroatoms. The highest BCUT2D eigenvalue weighted by molar-refractivity contribution is 6.18. The van der Waals surface area contributed by atoms with Crippen LogP contribution in [-0.4, -0.2) is 23.5 Å². The standard InChI is InChI=1S/C10H10ClNO4/c11-5-7-6-15-10(16-7)8-3-1-2-4-9(8)12(13)14/h1-4,7,10H,5-6H2. The minimum atomic E-state index is -0.689. The minimum absolute atomic E-state index is 0.00252. The Hall–Kier alpha value is -1.17. The van der Waals surface area contributed by atoms with E-state index in [4.69, 9.17) is 21.1 Å². The van der Waals surface area contributed by atoms with Crippen LogP contribution < -0.4 is 0 Å².